The summed E-state index contributed by atoms with van der Waals surface area (Å²) in [4.78, 5) is 9.00. The Hall–Kier alpha value is -3.00. The Balaban J connectivity index is 1.96. The standard InChI is InChI=1S/C24H36N4O4/c1-5-25-24(28-18-20-9-8-13-26-23(20)32-16-15-29-4)27-14-12-19-10-11-21(30-6-2)22(17-19)31-7-3/h8-11,13,17H,5-7,12,14-16,18H2,1-4H3,(H2,25,27,28). The molecule has 2 N–H and O–H groups in total. The van der Waals surface area contributed by atoms with E-state index < -0.39 is 0 Å². The highest BCUT2D eigenvalue weighted by Gasteiger charge is 2.08. The van der Waals surface area contributed by atoms with Crippen LogP contribution in [0.2, 0.25) is 0 Å². The maximum Gasteiger partial charge on any atom is 0.218 e. The number of pyridine rings is 1. The van der Waals surface area contributed by atoms with E-state index in [9.17, 15) is 0 Å². The summed E-state index contributed by atoms with van der Waals surface area (Å²) in [7, 11) is 1.65. The zero-order chi connectivity index (χ0) is 23.0. The van der Waals surface area contributed by atoms with Crippen LogP contribution in [0.15, 0.2) is 41.5 Å². The van der Waals surface area contributed by atoms with Crippen molar-refractivity contribution in [2.45, 2.75) is 33.7 Å². The molecular formula is C24H36N4O4. The molecule has 0 atom stereocenters. The number of aromatic nitrogens is 1. The molecule has 8 heteroatoms. The number of nitrogens with one attached hydrogen (secondary N) is 2. The van der Waals surface area contributed by atoms with Gasteiger partial charge in [-0.05, 0) is 51.0 Å². The molecule has 32 heavy (non-hydrogen) atoms. The van der Waals surface area contributed by atoms with Crippen LogP contribution >= 0.6 is 0 Å². The van der Waals surface area contributed by atoms with E-state index in [1.165, 1.54) is 5.56 Å². The molecule has 2 rings (SSSR count). The highest BCUT2D eigenvalue weighted by atomic mass is 16.5. The van der Waals surface area contributed by atoms with Crippen LogP contribution in [0.3, 0.4) is 0 Å². The molecule has 1 heterocycles. The fourth-order valence-corrected chi connectivity index (χ4v) is 2.98. The molecule has 0 aliphatic rings. The van der Waals surface area contributed by atoms with Gasteiger partial charge < -0.3 is 29.6 Å². The van der Waals surface area contributed by atoms with E-state index in [0.29, 0.717) is 38.9 Å². The molecule has 0 unspecified atom stereocenters. The first-order valence-electron chi connectivity index (χ1n) is 11.2. The van der Waals surface area contributed by atoms with Crippen molar-refractivity contribution in [1.82, 2.24) is 15.6 Å². The number of nitrogens with zero attached hydrogens (tertiary/aromatic N) is 2. The van der Waals surface area contributed by atoms with E-state index in [1.807, 2.05) is 45.0 Å². The molecule has 1 aromatic carbocycles. The Morgan fingerprint density at radius 3 is 2.53 bits per heavy atom. The third kappa shape index (κ3) is 8.63. The Morgan fingerprint density at radius 2 is 1.78 bits per heavy atom. The van der Waals surface area contributed by atoms with Crippen LogP contribution in [0.4, 0.5) is 0 Å². The second-order valence-electron chi connectivity index (χ2n) is 6.83. The fraction of sp³-hybridized carbons (Fsp3) is 0.500. The number of hydrogen-bond acceptors (Lipinski definition) is 6. The molecule has 0 bridgehead atoms. The lowest BCUT2D eigenvalue weighted by Gasteiger charge is -2.14. The predicted octanol–water partition coefficient (Wildman–Crippen LogP) is 3.20. The van der Waals surface area contributed by atoms with Crippen molar-refractivity contribution < 1.29 is 18.9 Å². The largest absolute Gasteiger partial charge is 0.490 e. The van der Waals surface area contributed by atoms with Gasteiger partial charge in [0.25, 0.3) is 0 Å². The predicted molar refractivity (Wildman–Crippen MR) is 127 cm³/mol. The van der Waals surface area contributed by atoms with E-state index in [2.05, 4.69) is 26.7 Å². The van der Waals surface area contributed by atoms with Crippen LogP contribution < -0.4 is 24.8 Å². The molecule has 0 saturated heterocycles. The minimum Gasteiger partial charge on any atom is -0.490 e. The van der Waals surface area contributed by atoms with Crippen molar-refractivity contribution in [2.75, 3.05) is 46.6 Å². The van der Waals surface area contributed by atoms with Gasteiger partial charge in [0, 0.05) is 32.0 Å². The monoisotopic (exact) mass is 444 g/mol. The Labute approximate surface area is 191 Å². The molecule has 8 nitrogen and oxygen atoms in total. The number of benzene rings is 1. The van der Waals surface area contributed by atoms with Crippen molar-refractivity contribution in [1.29, 1.82) is 0 Å². The minimum atomic E-state index is 0.453. The second kappa shape index (κ2) is 14.9. The van der Waals surface area contributed by atoms with E-state index in [1.54, 1.807) is 13.3 Å². The van der Waals surface area contributed by atoms with E-state index >= 15 is 0 Å². The highest BCUT2D eigenvalue weighted by Crippen LogP contribution is 2.28. The van der Waals surface area contributed by atoms with Crippen molar-refractivity contribution in [3.05, 3.63) is 47.7 Å². The van der Waals surface area contributed by atoms with Gasteiger partial charge in [-0.1, -0.05) is 12.1 Å². The normalized spacial score (nSPS) is 11.2. The second-order valence-corrected chi connectivity index (χ2v) is 6.83. The van der Waals surface area contributed by atoms with Crippen LogP contribution in [0.25, 0.3) is 0 Å². The summed E-state index contributed by atoms with van der Waals surface area (Å²) >= 11 is 0. The van der Waals surface area contributed by atoms with Gasteiger partial charge in [0.2, 0.25) is 5.88 Å². The van der Waals surface area contributed by atoms with Crippen LogP contribution in [-0.4, -0.2) is 57.6 Å². The Bertz CT molecular complexity index is 829. The van der Waals surface area contributed by atoms with Crippen LogP contribution in [-0.2, 0) is 17.7 Å². The summed E-state index contributed by atoms with van der Waals surface area (Å²) in [6.07, 6.45) is 2.54. The number of hydrogen-bond donors (Lipinski definition) is 2. The molecule has 176 valence electrons. The number of rotatable bonds is 14. The van der Waals surface area contributed by atoms with Gasteiger partial charge in [-0.3, -0.25) is 0 Å². The maximum atomic E-state index is 5.72. The van der Waals surface area contributed by atoms with Gasteiger partial charge >= 0.3 is 0 Å². The topological polar surface area (TPSA) is 86.2 Å². The molecule has 0 saturated carbocycles. The molecule has 1 aromatic heterocycles. The quantitative estimate of drug-likeness (QED) is 0.263. The zero-order valence-corrected chi connectivity index (χ0v) is 19.6. The number of guanidine groups is 1. The maximum absolute atomic E-state index is 5.72. The molecule has 0 aliphatic heterocycles. The van der Waals surface area contributed by atoms with Crippen molar-refractivity contribution in [2.24, 2.45) is 4.99 Å². The van der Waals surface area contributed by atoms with E-state index in [-0.39, 0.29) is 0 Å². The average molecular weight is 445 g/mol. The summed E-state index contributed by atoms with van der Waals surface area (Å²) < 4.78 is 22.1. The van der Waals surface area contributed by atoms with E-state index in [0.717, 1.165) is 42.5 Å². The van der Waals surface area contributed by atoms with Gasteiger partial charge in [-0.15, -0.1) is 0 Å². The Kier molecular flexibility index (Phi) is 11.8. The molecule has 0 amide bonds. The van der Waals surface area contributed by atoms with Gasteiger partial charge in [0.1, 0.15) is 6.61 Å². The van der Waals surface area contributed by atoms with Crippen LogP contribution in [0.5, 0.6) is 17.4 Å². The number of methoxy groups -OCH3 is 1. The van der Waals surface area contributed by atoms with Gasteiger partial charge in [0.15, 0.2) is 17.5 Å². The van der Waals surface area contributed by atoms with Crippen molar-refractivity contribution in [3.8, 4) is 17.4 Å². The lowest BCUT2D eigenvalue weighted by atomic mass is 10.1. The third-order valence-corrected chi connectivity index (χ3v) is 4.44. The highest BCUT2D eigenvalue weighted by molar-refractivity contribution is 5.79. The summed E-state index contributed by atoms with van der Waals surface area (Å²) in [5.41, 5.74) is 2.09. The number of aliphatic imine (C=N–C) groups is 1. The molecule has 2 aromatic rings. The van der Waals surface area contributed by atoms with Gasteiger partial charge in [-0.2, -0.15) is 0 Å². The number of ether oxygens (including phenoxy) is 4. The molecule has 0 radical (unpaired) electrons. The lowest BCUT2D eigenvalue weighted by Crippen LogP contribution is -2.38. The first kappa shape index (κ1) is 25.3. The molecular weight excluding hydrogens is 408 g/mol. The molecule has 0 aliphatic carbocycles. The lowest BCUT2D eigenvalue weighted by molar-refractivity contribution is 0.143. The smallest absolute Gasteiger partial charge is 0.218 e. The first-order chi connectivity index (χ1) is 15.7. The van der Waals surface area contributed by atoms with Crippen LogP contribution in [0.1, 0.15) is 31.9 Å². The van der Waals surface area contributed by atoms with Crippen molar-refractivity contribution in [3.63, 3.8) is 0 Å². The fourth-order valence-electron chi connectivity index (χ4n) is 2.98. The Morgan fingerprint density at radius 1 is 0.969 bits per heavy atom. The van der Waals surface area contributed by atoms with Crippen LogP contribution in [0, 0.1) is 0 Å². The zero-order valence-electron chi connectivity index (χ0n) is 19.6. The summed E-state index contributed by atoms with van der Waals surface area (Å²) in [6, 6.07) is 9.93. The minimum absolute atomic E-state index is 0.453. The summed E-state index contributed by atoms with van der Waals surface area (Å²) in [6.45, 7) is 10.1. The van der Waals surface area contributed by atoms with E-state index in [4.69, 9.17) is 18.9 Å². The third-order valence-electron chi connectivity index (χ3n) is 4.44. The summed E-state index contributed by atoms with van der Waals surface area (Å²) in [5.74, 6) is 2.89. The SMILES string of the molecule is CCNC(=NCc1cccnc1OCCOC)NCCc1ccc(OCC)c(OCC)c1. The van der Waals surface area contributed by atoms with Gasteiger partial charge in [0.05, 0.1) is 26.4 Å². The van der Waals surface area contributed by atoms with Gasteiger partial charge in [-0.25, -0.2) is 9.98 Å². The first-order valence-corrected chi connectivity index (χ1v) is 11.2. The van der Waals surface area contributed by atoms with Crippen molar-refractivity contribution >= 4 is 5.96 Å². The molecule has 0 fully saturated rings. The molecule has 0 spiro atoms. The average Bonchev–Trinajstić information content (AvgIpc) is 2.80. The summed E-state index contributed by atoms with van der Waals surface area (Å²) in [5, 5.41) is 6.67.